The van der Waals surface area contributed by atoms with Crippen LogP contribution in [0.2, 0.25) is 5.02 Å². The third kappa shape index (κ3) is 4.86. The van der Waals surface area contributed by atoms with Crippen LogP contribution in [-0.4, -0.2) is 47.8 Å². The fourth-order valence-corrected chi connectivity index (χ4v) is 3.98. The molecule has 0 saturated heterocycles. The lowest BCUT2D eigenvalue weighted by atomic mass is 10.2. The molecule has 7 nitrogen and oxygen atoms in total. The lowest BCUT2D eigenvalue weighted by molar-refractivity contribution is 0.0670. The minimum atomic E-state index is -3.78. The van der Waals surface area contributed by atoms with E-state index < -0.39 is 22.5 Å². The van der Waals surface area contributed by atoms with Gasteiger partial charge >= 0.3 is 6.55 Å². The van der Waals surface area contributed by atoms with E-state index in [4.69, 9.17) is 11.6 Å². The molecule has 1 heterocycles. The van der Waals surface area contributed by atoms with Crippen molar-refractivity contribution in [1.29, 1.82) is 0 Å². The highest BCUT2D eigenvalue weighted by Crippen LogP contribution is 2.23. The summed E-state index contributed by atoms with van der Waals surface area (Å²) < 4.78 is 52.7. The van der Waals surface area contributed by atoms with E-state index in [1.54, 1.807) is 13.8 Å². The molecule has 0 saturated carbocycles. The number of benzene rings is 1. The maximum Gasteiger partial charge on any atom is 0.319 e. The second kappa shape index (κ2) is 8.97. The molecule has 0 unspecified atom stereocenters. The number of hydrogen-bond acceptors (Lipinski definition) is 4. The van der Waals surface area contributed by atoms with Gasteiger partial charge in [-0.2, -0.15) is 13.1 Å². The highest BCUT2D eigenvalue weighted by atomic mass is 35.5. The summed E-state index contributed by atoms with van der Waals surface area (Å²) in [5.74, 6) is -0.485. The molecular formula is C17H21ClF2N4O3S. The predicted octanol–water partition coefficient (Wildman–Crippen LogP) is 2.93. The zero-order chi connectivity index (χ0) is 21.1. The first-order valence-electron chi connectivity index (χ1n) is 8.41. The maximum absolute atomic E-state index is 12.8. The number of nitrogens with zero attached hydrogens (tertiary/aromatic N) is 3. The number of rotatable bonds is 8. The Bertz CT molecular complexity index is 948. The summed E-state index contributed by atoms with van der Waals surface area (Å²) in [5.41, 5.74) is -0.0166. The van der Waals surface area contributed by atoms with E-state index in [1.807, 2.05) is 0 Å². The molecule has 0 aliphatic rings. The van der Waals surface area contributed by atoms with Crippen molar-refractivity contribution in [2.24, 2.45) is 0 Å². The van der Waals surface area contributed by atoms with Crippen LogP contribution in [0.3, 0.4) is 0 Å². The minimum absolute atomic E-state index is 0.0166. The van der Waals surface area contributed by atoms with Crippen LogP contribution in [0.15, 0.2) is 35.5 Å². The van der Waals surface area contributed by atoms with Crippen molar-refractivity contribution < 1.29 is 22.0 Å². The van der Waals surface area contributed by atoms with E-state index in [0.717, 1.165) is 6.20 Å². The van der Waals surface area contributed by atoms with Crippen LogP contribution >= 0.6 is 11.6 Å². The molecule has 1 N–H and O–H groups in total. The normalized spacial score (nSPS) is 12.2. The molecular weight excluding hydrogens is 414 g/mol. The SMILES string of the molecule is CC(C)N(C)S(=O)(=O)c1ccc(Cl)c(C(=O)NCCc2nccn2C(F)F)c1. The fourth-order valence-electron chi connectivity index (χ4n) is 2.38. The molecule has 0 radical (unpaired) electrons. The van der Waals surface area contributed by atoms with Crippen LogP contribution in [0.25, 0.3) is 0 Å². The zero-order valence-electron chi connectivity index (χ0n) is 15.6. The van der Waals surface area contributed by atoms with Gasteiger partial charge in [0, 0.05) is 38.4 Å². The van der Waals surface area contributed by atoms with Gasteiger partial charge in [-0.15, -0.1) is 0 Å². The summed E-state index contributed by atoms with van der Waals surface area (Å²) in [5, 5.41) is 2.63. The van der Waals surface area contributed by atoms with E-state index in [2.05, 4.69) is 10.3 Å². The number of carbonyl (C=O) groups excluding carboxylic acids is 1. The first-order valence-corrected chi connectivity index (χ1v) is 10.2. The van der Waals surface area contributed by atoms with Gasteiger partial charge < -0.3 is 5.32 Å². The van der Waals surface area contributed by atoms with Crippen molar-refractivity contribution in [3.05, 3.63) is 47.0 Å². The van der Waals surface area contributed by atoms with Gasteiger partial charge in [-0.05, 0) is 32.0 Å². The third-order valence-corrected chi connectivity index (χ3v) is 6.54. The second-order valence-electron chi connectivity index (χ2n) is 6.29. The molecule has 2 aromatic rings. The summed E-state index contributed by atoms with van der Waals surface area (Å²) in [6.07, 6.45) is 2.48. The van der Waals surface area contributed by atoms with Crippen molar-refractivity contribution in [3.63, 3.8) is 0 Å². The standard InChI is InChI=1S/C17H21ClF2N4O3S/c1-11(2)23(3)28(26,27)12-4-5-14(18)13(10-12)16(25)22-7-6-15-21-8-9-24(15)17(19)20/h4-5,8-11,17H,6-7H2,1-3H3,(H,22,25). The molecule has 0 bridgehead atoms. The Hall–Kier alpha value is -2.04. The van der Waals surface area contributed by atoms with E-state index in [1.165, 1.54) is 35.7 Å². The van der Waals surface area contributed by atoms with Crippen LogP contribution in [-0.2, 0) is 16.4 Å². The molecule has 1 aromatic carbocycles. The first kappa shape index (κ1) is 22.3. The maximum atomic E-state index is 12.8. The molecule has 28 heavy (non-hydrogen) atoms. The molecule has 0 atom stereocenters. The fraction of sp³-hybridized carbons (Fsp3) is 0.412. The van der Waals surface area contributed by atoms with Crippen molar-refractivity contribution >= 4 is 27.5 Å². The Labute approximate surface area is 167 Å². The van der Waals surface area contributed by atoms with E-state index in [0.29, 0.717) is 4.57 Å². The molecule has 0 aliphatic heterocycles. The number of aromatic nitrogens is 2. The van der Waals surface area contributed by atoms with Crippen LogP contribution in [0.4, 0.5) is 8.78 Å². The smallest absolute Gasteiger partial charge is 0.319 e. The van der Waals surface area contributed by atoms with Crippen molar-refractivity contribution in [2.75, 3.05) is 13.6 Å². The van der Waals surface area contributed by atoms with Gasteiger partial charge in [-0.1, -0.05) is 11.6 Å². The van der Waals surface area contributed by atoms with Gasteiger partial charge in [0.2, 0.25) is 10.0 Å². The summed E-state index contributed by atoms with van der Waals surface area (Å²) in [7, 11) is -2.34. The Kier molecular flexibility index (Phi) is 7.13. The Morgan fingerprint density at radius 2 is 2.04 bits per heavy atom. The van der Waals surface area contributed by atoms with Gasteiger partial charge in [-0.25, -0.2) is 13.4 Å². The topological polar surface area (TPSA) is 84.3 Å². The molecule has 2 rings (SSSR count). The number of alkyl halides is 2. The van der Waals surface area contributed by atoms with Crippen LogP contribution in [0.5, 0.6) is 0 Å². The number of carbonyl (C=O) groups is 1. The van der Waals surface area contributed by atoms with Gasteiger partial charge in [0.1, 0.15) is 5.82 Å². The highest BCUT2D eigenvalue weighted by Gasteiger charge is 2.25. The van der Waals surface area contributed by atoms with Gasteiger partial charge in [0.25, 0.3) is 5.91 Å². The molecule has 0 spiro atoms. The number of nitrogens with one attached hydrogen (secondary N) is 1. The Morgan fingerprint density at radius 3 is 2.64 bits per heavy atom. The summed E-state index contributed by atoms with van der Waals surface area (Å²) in [6, 6.07) is 3.59. The largest absolute Gasteiger partial charge is 0.352 e. The second-order valence-corrected chi connectivity index (χ2v) is 8.70. The average Bonchev–Trinajstić information content (AvgIpc) is 3.09. The third-order valence-electron chi connectivity index (χ3n) is 4.18. The number of amides is 1. The molecule has 1 amide bonds. The van der Waals surface area contributed by atoms with Crippen molar-refractivity contribution in [1.82, 2.24) is 19.2 Å². The minimum Gasteiger partial charge on any atom is -0.352 e. The van der Waals surface area contributed by atoms with Crippen LogP contribution in [0.1, 0.15) is 36.6 Å². The first-order chi connectivity index (χ1) is 13.1. The average molecular weight is 435 g/mol. The molecule has 1 aromatic heterocycles. The highest BCUT2D eigenvalue weighted by molar-refractivity contribution is 7.89. The Morgan fingerprint density at radius 1 is 1.36 bits per heavy atom. The van der Waals surface area contributed by atoms with Gasteiger partial charge in [0.15, 0.2) is 0 Å². The van der Waals surface area contributed by atoms with E-state index in [9.17, 15) is 22.0 Å². The molecule has 154 valence electrons. The van der Waals surface area contributed by atoms with Crippen LogP contribution in [0, 0.1) is 0 Å². The van der Waals surface area contributed by atoms with Gasteiger partial charge in [0.05, 0.1) is 15.5 Å². The number of sulfonamides is 1. The molecule has 11 heteroatoms. The monoisotopic (exact) mass is 434 g/mol. The van der Waals surface area contributed by atoms with E-state index >= 15 is 0 Å². The number of hydrogen-bond donors (Lipinski definition) is 1. The molecule has 0 aliphatic carbocycles. The summed E-state index contributed by atoms with van der Waals surface area (Å²) >= 11 is 6.04. The Balaban J connectivity index is 2.14. The number of halogens is 3. The summed E-state index contributed by atoms with van der Waals surface area (Å²) in [4.78, 5) is 16.2. The lowest BCUT2D eigenvalue weighted by Crippen LogP contribution is -2.33. The lowest BCUT2D eigenvalue weighted by Gasteiger charge is -2.21. The summed E-state index contributed by atoms with van der Waals surface area (Å²) in [6.45, 7) is 0.763. The van der Waals surface area contributed by atoms with E-state index in [-0.39, 0.29) is 40.3 Å². The molecule has 0 fully saturated rings. The quantitative estimate of drug-likeness (QED) is 0.692. The van der Waals surface area contributed by atoms with Gasteiger partial charge in [-0.3, -0.25) is 9.36 Å². The van der Waals surface area contributed by atoms with Crippen LogP contribution < -0.4 is 5.32 Å². The zero-order valence-corrected chi connectivity index (χ0v) is 17.1. The van der Waals surface area contributed by atoms with Crippen molar-refractivity contribution in [2.45, 2.75) is 37.8 Å². The van der Waals surface area contributed by atoms with Crippen molar-refractivity contribution in [3.8, 4) is 0 Å². The number of imidazole rings is 1. The predicted molar refractivity (Wildman–Crippen MR) is 101 cm³/mol.